The second-order valence-electron chi connectivity index (χ2n) is 16.0. The van der Waals surface area contributed by atoms with Crippen LogP contribution in [0, 0.1) is 0 Å². The van der Waals surface area contributed by atoms with Crippen LogP contribution in [0.4, 0.5) is 0 Å². The maximum absolute atomic E-state index is 12.8. The minimum atomic E-state index is -0.842. The van der Waals surface area contributed by atoms with Crippen LogP contribution < -0.4 is 0 Å². The third-order valence-corrected chi connectivity index (χ3v) is 9.79. The van der Waals surface area contributed by atoms with E-state index in [0.717, 1.165) is 128 Å². The Kier molecular flexibility index (Phi) is 48.2. The second kappa shape index (κ2) is 51.9. The van der Waals surface area contributed by atoms with Crippen molar-refractivity contribution in [3.8, 4) is 0 Å². The molecule has 0 aromatic carbocycles. The number of hydrogen-bond acceptors (Lipinski definition) is 6. The van der Waals surface area contributed by atoms with Gasteiger partial charge in [-0.05, 0) is 122 Å². The molecule has 0 radical (unpaired) electrons. The third-order valence-electron chi connectivity index (χ3n) is 9.79. The molecule has 0 bridgehead atoms. The van der Waals surface area contributed by atoms with Crippen LogP contribution in [0.3, 0.4) is 0 Å². The number of unbranched alkanes of at least 4 members (excludes halogenated alkanes) is 8. The van der Waals surface area contributed by atoms with Gasteiger partial charge in [-0.2, -0.15) is 0 Å². The molecule has 0 aromatic rings. The monoisotopic (exact) mass is 895 g/mol. The summed E-state index contributed by atoms with van der Waals surface area (Å²) in [6, 6.07) is 0. The van der Waals surface area contributed by atoms with Gasteiger partial charge >= 0.3 is 17.9 Å². The van der Waals surface area contributed by atoms with Gasteiger partial charge in [0.25, 0.3) is 0 Å². The van der Waals surface area contributed by atoms with Crippen molar-refractivity contribution in [2.75, 3.05) is 13.2 Å². The molecular formula is C59H90O6. The molecule has 0 aliphatic carbocycles. The lowest BCUT2D eigenvalue weighted by molar-refractivity contribution is -0.167. The van der Waals surface area contributed by atoms with Crippen molar-refractivity contribution in [2.24, 2.45) is 0 Å². The molecule has 0 rings (SSSR count). The van der Waals surface area contributed by atoms with Crippen molar-refractivity contribution in [3.05, 3.63) is 146 Å². The Labute approximate surface area is 397 Å². The van der Waals surface area contributed by atoms with E-state index in [1.807, 2.05) is 0 Å². The summed E-state index contributed by atoms with van der Waals surface area (Å²) in [5, 5.41) is 0. The molecule has 0 spiro atoms. The zero-order valence-corrected chi connectivity index (χ0v) is 41.2. The smallest absolute Gasteiger partial charge is 0.306 e. The summed E-state index contributed by atoms with van der Waals surface area (Å²) in [7, 11) is 0. The van der Waals surface area contributed by atoms with E-state index in [0.29, 0.717) is 19.3 Å². The fourth-order valence-electron chi connectivity index (χ4n) is 6.08. The summed E-state index contributed by atoms with van der Waals surface area (Å²) in [4.78, 5) is 37.9. The first-order valence-corrected chi connectivity index (χ1v) is 25.3. The summed E-state index contributed by atoms with van der Waals surface area (Å²) in [5.41, 5.74) is 0. The normalized spacial score (nSPS) is 13.3. The Balaban J connectivity index is 4.63. The molecule has 0 saturated carbocycles. The molecule has 0 N–H and O–H groups in total. The van der Waals surface area contributed by atoms with Crippen LogP contribution in [0.15, 0.2) is 146 Å². The number of carbonyl (C=O) groups is 3. The Hall–Kier alpha value is -4.71. The third kappa shape index (κ3) is 50.2. The molecule has 362 valence electrons. The number of carbonyl (C=O) groups excluding carboxylic acids is 3. The highest BCUT2D eigenvalue weighted by Gasteiger charge is 2.19. The van der Waals surface area contributed by atoms with Crippen molar-refractivity contribution in [3.63, 3.8) is 0 Å². The van der Waals surface area contributed by atoms with Gasteiger partial charge in [0.15, 0.2) is 6.10 Å². The zero-order valence-electron chi connectivity index (χ0n) is 41.2. The maximum atomic E-state index is 12.8. The van der Waals surface area contributed by atoms with E-state index >= 15 is 0 Å². The van der Waals surface area contributed by atoms with Gasteiger partial charge in [-0.25, -0.2) is 0 Å². The minimum Gasteiger partial charge on any atom is -0.462 e. The van der Waals surface area contributed by atoms with Gasteiger partial charge in [-0.1, -0.05) is 192 Å². The van der Waals surface area contributed by atoms with Crippen LogP contribution >= 0.6 is 0 Å². The van der Waals surface area contributed by atoms with Gasteiger partial charge in [0.2, 0.25) is 0 Å². The summed E-state index contributed by atoms with van der Waals surface area (Å²) in [5.74, 6) is -1.08. The summed E-state index contributed by atoms with van der Waals surface area (Å²) >= 11 is 0. The molecule has 1 unspecified atom stereocenters. The molecule has 0 aliphatic heterocycles. The van der Waals surface area contributed by atoms with Crippen LogP contribution in [0.1, 0.15) is 188 Å². The number of hydrogen-bond donors (Lipinski definition) is 0. The lowest BCUT2D eigenvalue weighted by atomic mass is 10.1. The Morgan fingerprint density at radius 3 is 1.00 bits per heavy atom. The van der Waals surface area contributed by atoms with Gasteiger partial charge in [0.05, 0.1) is 0 Å². The molecule has 0 fully saturated rings. The van der Waals surface area contributed by atoms with E-state index in [1.165, 1.54) is 6.42 Å². The van der Waals surface area contributed by atoms with E-state index in [-0.39, 0.29) is 38.0 Å². The highest BCUT2D eigenvalue weighted by atomic mass is 16.6. The zero-order chi connectivity index (χ0) is 47.2. The molecule has 0 amide bonds. The predicted octanol–water partition coefficient (Wildman–Crippen LogP) is 16.9. The average molecular weight is 895 g/mol. The SMILES string of the molecule is CC/C=C\C/C=C\C/C=C\C/C=C\C/C=C\CCCC(=O)OCC(COC(=O)CCCCCCC/C=C\C/C=C\CCC)OC(=O)CCC/C=C\C/C=C\C/C=C\C/C=C\C/C=C\CC. The standard InChI is InChI=1S/C59H90O6/c1-4-7-10-13-16-19-22-25-27-29-31-34-37-40-43-46-49-52-58(61)64-55-56(54-63-57(60)51-48-45-42-39-36-33-24-21-18-15-12-9-6-3)65-59(62)53-50-47-44-41-38-35-32-30-28-26-23-20-17-14-11-8-5-2/h7-8,10-12,15-17,19-21,24-28,31-32,34-35,40-41,43-44,56H,4-6,9,13-14,18,22-23,29-30,33,36-39,42,45-55H2,1-3H3/b10-7-,11-8-,15-12-,19-16-,20-17-,24-21-,27-25-,28-26-,34-31-,35-32-,43-40-,44-41-. The molecule has 1 atom stereocenters. The molecule has 0 heterocycles. The first-order valence-electron chi connectivity index (χ1n) is 25.3. The highest BCUT2D eigenvalue weighted by Crippen LogP contribution is 2.11. The van der Waals surface area contributed by atoms with Crippen molar-refractivity contribution in [1.29, 1.82) is 0 Å². The fraction of sp³-hybridized carbons (Fsp3) is 0.542. The minimum absolute atomic E-state index is 0.132. The van der Waals surface area contributed by atoms with Gasteiger partial charge < -0.3 is 14.2 Å². The van der Waals surface area contributed by atoms with Gasteiger partial charge in [-0.15, -0.1) is 0 Å². The molecule has 6 nitrogen and oxygen atoms in total. The highest BCUT2D eigenvalue weighted by molar-refractivity contribution is 5.71. The summed E-state index contributed by atoms with van der Waals surface area (Å²) < 4.78 is 16.7. The summed E-state index contributed by atoms with van der Waals surface area (Å²) in [6.45, 7) is 6.20. The van der Waals surface area contributed by atoms with E-state index in [4.69, 9.17) is 14.2 Å². The van der Waals surface area contributed by atoms with Crippen molar-refractivity contribution >= 4 is 17.9 Å². The largest absolute Gasteiger partial charge is 0.462 e. The van der Waals surface area contributed by atoms with Crippen LogP contribution in [-0.2, 0) is 28.6 Å². The average Bonchev–Trinajstić information content (AvgIpc) is 3.30. The fourth-order valence-corrected chi connectivity index (χ4v) is 6.08. The Morgan fingerprint density at radius 2 is 0.615 bits per heavy atom. The number of ether oxygens (including phenoxy) is 3. The molecule has 0 aromatic heterocycles. The molecule has 65 heavy (non-hydrogen) atoms. The summed E-state index contributed by atoms with van der Waals surface area (Å²) in [6.07, 6.45) is 74.1. The van der Waals surface area contributed by atoms with Crippen molar-refractivity contribution in [2.45, 2.75) is 194 Å². The number of rotatable bonds is 43. The van der Waals surface area contributed by atoms with E-state index in [2.05, 4.69) is 167 Å². The number of esters is 3. The predicted molar refractivity (Wildman–Crippen MR) is 279 cm³/mol. The topological polar surface area (TPSA) is 78.9 Å². The molecule has 0 saturated heterocycles. The van der Waals surface area contributed by atoms with Crippen LogP contribution in [0.25, 0.3) is 0 Å². The Bertz CT molecular complexity index is 1490. The van der Waals surface area contributed by atoms with Gasteiger partial charge in [0, 0.05) is 19.3 Å². The van der Waals surface area contributed by atoms with Crippen molar-refractivity contribution in [1.82, 2.24) is 0 Å². The molecular weight excluding hydrogens is 805 g/mol. The lowest BCUT2D eigenvalue weighted by Crippen LogP contribution is -2.30. The first-order chi connectivity index (χ1) is 32.0. The van der Waals surface area contributed by atoms with Gasteiger partial charge in [0.1, 0.15) is 13.2 Å². The van der Waals surface area contributed by atoms with E-state index in [1.54, 1.807) is 0 Å². The molecule has 6 heteroatoms. The lowest BCUT2D eigenvalue weighted by Gasteiger charge is -2.18. The first kappa shape index (κ1) is 60.3. The van der Waals surface area contributed by atoms with Gasteiger partial charge in [-0.3, -0.25) is 14.4 Å². The molecule has 0 aliphatic rings. The Morgan fingerprint density at radius 1 is 0.323 bits per heavy atom. The van der Waals surface area contributed by atoms with Crippen molar-refractivity contribution < 1.29 is 28.6 Å². The van der Waals surface area contributed by atoms with Crippen LogP contribution in [0.5, 0.6) is 0 Å². The quantitative estimate of drug-likeness (QED) is 0.0263. The maximum Gasteiger partial charge on any atom is 0.306 e. The second-order valence-corrected chi connectivity index (χ2v) is 16.0. The van der Waals surface area contributed by atoms with Crippen LogP contribution in [0.2, 0.25) is 0 Å². The van der Waals surface area contributed by atoms with E-state index in [9.17, 15) is 14.4 Å². The van der Waals surface area contributed by atoms with Crippen LogP contribution in [-0.4, -0.2) is 37.2 Å². The number of allylic oxidation sites excluding steroid dienone is 24. The van der Waals surface area contributed by atoms with E-state index < -0.39 is 12.1 Å².